The van der Waals surface area contributed by atoms with E-state index in [2.05, 4.69) is 9.97 Å². The lowest BCUT2D eigenvalue weighted by molar-refractivity contribution is -0.00611. The molecule has 1 amide bonds. The van der Waals surface area contributed by atoms with Gasteiger partial charge < -0.3 is 20.2 Å². The Hall–Kier alpha value is -2.58. The third-order valence-electron chi connectivity index (χ3n) is 7.09. The van der Waals surface area contributed by atoms with E-state index >= 15 is 0 Å². The number of pyridine rings is 2. The molecule has 178 valence electrons. The maximum atomic E-state index is 13.8. The van der Waals surface area contributed by atoms with Crippen LogP contribution in [-0.4, -0.2) is 61.0 Å². The molecule has 0 bridgehead atoms. The van der Waals surface area contributed by atoms with Crippen molar-refractivity contribution in [2.45, 2.75) is 62.8 Å². The zero-order valence-corrected chi connectivity index (χ0v) is 19.5. The average molecular weight is 482 g/mol. The largest absolute Gasteiger partial charge is 0.394 e. The molecule has 8 heteroatoms. The molecular weight excluding hydrogens is 454 g/mol. The van der Waals surface area contributed by atoms with E-state index in [1.54, 1.807) is 23.4 Å². The molecule has 2 aromatic heterocycles. The SMILES string of the molecule is O=C1c2cc(Cc3ccc(Cl)nc3)c3cccnc3c2C(CC(O)CO)N1C1CCCC[C@@H]1O. The quantitative estimate of drug-likeness (QED) is 0.466. The number of aliphatic hydroxyl groups excluding tert-OH is 3. The summed E-state index contributed by atoms with van der Waals surface area (Å²) in [5.41, 5.74) is 3.95. The first-order valence-electron chi connectivity index (χ1n) is 11.8. The lowest BCUT2D eigenvalue weighted by Gasteiger charge is -2.39. The number of hydrogen-bond acceptors (Lipinski definition) is 6. The Bertz CT molecular complexity index is 1200. The standard InChI is InChI=1S/C26H28ClN3O4/c27-23-8-7-15(13-29-23)10-16-11-19-24(25-18(16)4-3-9-28-25)21(12-17(32)14-31)30(26(19)34)20-5-1-2-6-22(20)33/h3-4,7-9,11,13,17,20-22,31-33H,1-2,5-6,10,12,14H2/t17?,20?,21?,22-/m0/s1. The zero-order valence-electron chi connectivity index (χ0n) is 18.8. The molecule has 7 nitrogen and oxygen atoms in total. The lowest BCUT2D eigenvalue weighted by Crippen LogP contribution is -2.47. The molecular formula is C26H28ClN3O4. The molecule has 1 aliphatic heterocycles. The van der Waals surface area contributed by atoms with E-state index in [1.165, 1.54) is 0 Å². The van der Waals surface area contributed by atoms with Crippen molar-refractivity contribution >= 4 is 28.4 Å². The Balaban J connectivity index is 1.64. The number of aliphatic hydroxyl groups is 3. The van der Waals surface area contributed by atoms with Crippen molar-refractivity contribution < 1.29 is 20.1 Å². The molecule has 3 N–H and O–H groups in total. The van der Waals surface area contributed by atoms with Crippen molar-refractivity contribution in [3.63, 3.8) is 0 Å². The number of carbonyl (C=O) groups excluding carboxylic acids is 1. The molecule has 34 heavy (non-hydrogen) atoms. The maximum Gasteiger partial charge on any atom is 0.255 e. The van der Waals surface area contributed by atoms with E-state index in [0.717, 1.165) is 34.9 Å². The number of fused-ring (bicyclic) bond motifs is 3. The van der Waals surface area contributed by atoms with Gasteiger partial charge in [0, 0.05) is 35.3 Å². The van der Waals surface area contributed by atoms with Crippen molar-refractivity contribution in [3.8, 4) is 0 Å². The molecule has 1 aliphatic carbocycles. The second-order valence-corrected chi connectivity index (χ2v) is 9.67. The van der Waals surface area contributed by atoms with E-state index in [9.17, 15) is 20.1 Å². The van der Waals surface area contributed by atoms with E-state index in [-0.39, 0.29) is 18.4 Å². The Morgan fingerprint density at radius 3 is 2.74 bits per heavy atom. The Morgan fingerprint density at radius 1 is 1.18 bits per heavy atom. The average Bonchev–Trinajstić information content (AvgIpc) is 3.12. The van der Waals surface area contributed by atoms with Crippen molar-refractivity contribution in [1.29, 1.82) is 0 Å². The summed E-state index contributed by atoms with van der Waals surface area (Å²) in [7, 11) is 0. The number of nitrogens with zero attached hydrogens (tertiary/aromatic N) is 3. The monoisotopic (exact) mass is 481 g/mol. The van der Waals surface area contributed by atoms with E-state index in [0.29, 0.717) is 35.5 Å². The van der Waals surface area contributed by atoms with E-state index in [4.69, 9.17) is 11.6 Å². The van der Waals surface area contributed by atoms with Crippen molar-refractivity contribution in [2.75, 3.05) is 6.61 Å². The number of hydrogen-bond donors (Lipinski definition) is 3. The first kappa shape index (κ1) is 23.2. The number of amides is 1. The molecule has 3 unspecified atom stereocenters. The summed E-state index contributed by atoms with van der Waals surface area (Å²) in [5, 5.41) is 32.1. The number of rotatable bonds is 6. The van der Waals surface area contributed by atoms with Gasteiger partial charge in [-0.25, -0.2) is 4.98 Å². The highest BCUT2D eigenvalue weighted by Crippen LogP contribution is 2.45. The first-order chi connectivity index (χ1) is 16.5. The molecule has 0 spiro atoms. The Kier molecular flexibility index (Phi) is 6.53. The highest BCUT2D eigenvalue weighted by atomic mass is 35.5. The third kappa shape index (κ3) is 4.18. The second kappa shape index (κ2) is 9.58. The highest BCUT2D eigenvalue weighted by Gasteiger charge is 2.45. The van der Waals surface area contributed by atoms with Crippen molar-refractivity contribution in [3.05, 3.63) is 70.1 Å². The summed E-state index contributed by atoms with van der Waals surface area (Å²) in [6, 6.07) is 8.65. The van der Waals surface area contributed by atoms with Gasteiger partial charge in [-0.3, -0.25) is 9.78 Å². The van der Waals surface area contributed by atoms with E-state index in [1.807, 2.05) is 24.3 Å². The van der Waals surface area contributed by atoms with Gasteiger partial charge >= 0.3 is 0 Å². The molecule has 0 radical (unpaired) electrons. The number of halogens is 1. The molecule has 0 saturated heterocycles. The molecule has 3 heterocycles. The maximum absolute atomic E-state index is 13.8. The van der Waals surface area contributed by atoms with Gasteiger partial charge in [-0.05, 0) is 48.6 Å². The minimum atomic E-state index is -0.981. The second-order valence-electron chi connectivity index (χ2n) is 9.28. The van der Waals surface area contributed by atoms with Crippen molar-refractivity contribution in [2.24, 2.45) is 0 Å². The minimum absolute atomic E-state index is 0.154. The van der Waals surface area contributed by atoms with Crippen LogP contribution in [0.2, 0.25) is 5.15 Å². The van der Waals surface area contributed by atoms with Crippen LogP contribution in [0, 0.1) is 0 Å². The van der Waals surface area contributed by atoms with Crippen LogP contribution in [-0.2, 0) is 6.42 Å². The summed E-state index contributed by atoms with van der Waals surface area (Å²) in [5.74, 6) is -0.154. The summed E-state index contributed by atoms with van der Waals surface area (Å²) < 4.78 is 0. The van der Waals surface area contributed by atoms with Gasteiger partial charge in [0.2, 0.25) is 0 Å². The number of benzene rings is 1. The fraction of sp³-hybridized carbons (Fsp3) is 0.423. The predicted octanol–water partition coefficient (Wildman–Crippen LogP) is 3.42. The molecule has 3 aromatic rings. The predicted molar refractivity (Wildman–Crippen MR) is 129 cm³/mol. The van der Waals surface area contributed by atoms with Gasteiger partial charge in [0.05, 0.1) is 36.4 Å². The lowest BCUT2D eigenvalue weighted by atomic mass is 9.89. The van der Waals surface area contributed by atoms with Gasteiger partial charge in [-0.2, -0.15) is 0 Å². The number of aromatic nitrogens is 2. The zero-order chi connectivity index (χ0) is 23.8. The van der Waals surface area contributed by atoms with Crippen LogP contribution < -0.4 is 0 Å². The van der Waals surface area contributed by atoms with Gasteiger partial charge in [-0.1, -0.05) is 36.6 Å². The molecule has 1 fully saturated rings. The number of carbonyl (C=O) groups is 1. The molecule has 1 saturated carbocycles. The Labute approximate surface area is 203 Å². The molecule has 1 aromatic carbocycles. The van der Waals surface area contributed by atoms with Crippen LogP contribution in [0.25, 0.3) is 10.9 Å². The van der Waals surface area contributed by atoms with Crippen LogP contribution in [0.15, 0.2) is 42.7 Å². The summed E-state index contributed by atoms with van der Waals surface area (Å²) in [6.45, 7) is -0.395. The van der Waals surface area contributed by atoms with Gasteiger partial charge in [0.15, 0.2) is 0 Å². The first-order valence-corrected chi connectivity index (χ1v) is 12.2. The van der Waals surface area contributed by atoms with Gasteiger partial charge in [-0.15, -0.1) is 0 Å². The van der Waals surface area contributed by atoms with E-state index < -0.39 is 24.9 Å². The van der Waals surface area contributed by atoms with Crippen LogP contribution in [0.5, 0.6) is 0 Å². The topological polar surface area (TPSA) is 107 Å². The fourth-order valence-corrected chi connectivity index (χ4v) is 5.62. The van der Waals surface area contributed by atoms with Crippen LogP contribution in [0.4, 0.5) is 0 Å². The third-order valence-corrected chi connectivity index (χ3v) is 7.32. The van der Waals surface area contributed by atoms with Crippen LogP contribution in [0.3, 0.4) is 0 Å². The molecule has 4 atom stereocenters. The Morgan fingerprint density at radius 2 is 2.00 bits per heavy atom. The minimum Gasteiger partial charge on any atom is -0.394 e. The van der Waals surface area contributed by atoms with Gasteiger partial charge in [0.1, 0.15) is 5.15 Å². The summed E-state index contributed by atoms with van der Waals surface area (Å²) in [4.78, 5) is 24.4. The van der Waals surface area contributed by atoms with Crippen LogP contribution in [0.1, 0.15) is 65.2 Å². The summed E-state index contributed by atoms with van der Waals surface area (Å²) in [6.07, 6.45) is 5.81. The van der Waals surface area contributed by atoms with Gasteiger partial charge in [0.25, 0.3) is 5.91 Å². The summed E-state index contributed by atoms with van der Waals surface area (Å²) >= 11 is 5.95. The normalized spacial score (nSPS) is 23.4. The fourth-order valence-electron chi connectivity index (χ4n) is 5.51. The van der Waals surface area contributed by atoms with Crippen molar-refractivity contribution in [1.82, 2.24) is 14.9 Å². The highest BCUT2D eigenvalue weighted by molar-refractivity contribution is 6.29. The molecule has 5 rings (SSSR count). The molecule has 2 aliphatic rings. The van der Waals surface area contributed by atoms with Crippen LogP contribution >= 0.6 is 11.6 Å². The smallest absolute Gasteiger partial charge is 0.255 e.